The summed E-state index contributed by atoms with van der Waals surface area (Å²) in [5.74, 6) is 0.524. The minimum Gasteiger partial charge on any atom is -0.484 e. The van der Waals surface area contributed by atoms with Gasteiger partial charge in [0, 0.05) is 13.1 Å². The lowest BCUT2D eigenvalue weighted by Crippen LogP contribution is -2.30. The predicted molar refractivity (Wildman–Crippen MR) is 99.0 cm³/mol. The van der Waals surface area contributed by atoms with E-state index in [1.165, 1.54) is 12.1 Å². The maximum Gasteiger partial charge on any atom is 0.416 e. The van der Waals surface area contributed by atoms with Crippen LogP contribution in [-0.2, 0) is 17.5 Å². The second-order valence-electron chi connectivity index (χ2n) is 6.32. The van der Waals surface area contributed by atoms with E-state index in [-0.39, 0.29) is 18.3 Å². The van der Waals surface area contributed by atoms with Gasteiger partial charge in [-0.2, -0.15) is 13.2 Å². The molecule has 8 heteroatoms. The number of amides is 1. The summed E-state index contributed by atoms with van der Waals surface area (Å²) in [6.45, 7) is 2.72. The van der Waals surface area contributed by atoms with Crippen LogP contribution in [0.3, 0.4) is 0 Å². The summed E-state index contributed by atoms with van der Waals surface area (Å²) in [4.78, 5) is 16.4. The highest BCUT2D eigenvalue weighted by Gasteiger charge is 2.30. The topological polar surface area (TPSA) is 56.2 Å². The minimum atomic E-state index is -4.45. The van der Waals surface area contributed by atoms with E-state index < -0.39 is 11.7 Å². The van der Waals surface area contributed by atoms with E-state index in [0.717, 1.165) is 29.0 Å². The smallest absolute Gasteiger partial charge is 0.416 e. The molecule has 28 heavy (non-hydrogen) atoms. The Morgan fingerprint density at radius 2 is 1.96 bits per heavy atom. The Labute approximate surface area is 160 Å². The number of fused-ring (bicyclic) bond motifs is 1. The molecule has 0 unspecified atom stereocenters. The van der Waals surface area contributed by atoms with Gasteiger partial charge in [0.15, 0.2) is 6.61 Å². The standard InChI is InChI=1S/C20H20F3N3O2/c1-14-25-17-8-2-3-9-18(17)26(14)11-5-10-24-19(27)13-28-16-7-4-6-15(12-16)20(21,22)23/h2-4,6-9,12H,5,10-11,13H2,1H3,(H,24,27). The van der Waals surface area contributed by atoms with Gasteiger partial charge in [-0.3, -0.25) is 4.79 Å². The van der Waals surface area contributed by atoms with Crippen LogP contribution >= 0.6 is 0 Å². The summed E-state index contributed by atoms with van der Waals surface area (Å²) in [5.41, 5.74) is 1.16. The van der Waals surface area contributed by atoms with Gasteiger partial charge in [-0.05, 0) is 43.7 Å². The number of para-hydroxylation sites is 2. The Kier molecular flexibility index (Phi) is 5.87. The molecule has 0 aliphatic heterocycles. The van der Waals surface area contributed by atoms with Crippen molar-refractivity contribution < 1.29 is 22.7 Å². The number of ether oxygens (including phenoxy) is 1. The van der Waals surface area contributed by atoms with Crippen LogP contribution < -0.4 is 10.1 Å². The zero-order valence-corrected chi connectivity index (χ0v) is 15.3. The zero-order valence-electron chi connectivity index (χ0n) is 15.3. The molecule has 0 spiro atoms. The number of halogens is 3. The van der Waals surface area contributed by atoms with Crippen molar-refractivity contribution in [2.75, 3.05) is 13.2 Å². The van der Waals surface area contributed by atoms with E-state index in [1.54, 1.807) is 0 Å². The van der Waals surface area contributed by atoms with Gasteiger partial charge in [0.25, 0.3) is 5.91 Å². The van der Waals surface area contributed by atoms with E-state index in [0.29, 0.717) is 19.5 Å². The summed E-state index contributed by atoms with van der Waals surface area (Å²) in [6.07, 6.45) is -3.76. The number of hydrogen-bond donors (Lipinski definition) is 1. The fraction of sp³-hybridized carbons (Fsp3) is 0.300. The van der Waals surface area contributed by atoms with Gasteiger partial charge in [0.05, 0.1) is 16.6 Å². The number of imidazole rings is 1. The third-order valence-electron chi connectivity index (χ3n) is 4.26. The molecule has 0 fully saturated rings. The summed E-state index contributed by atoms with van der Waals surface area (Å²) >= 11 is 0. The number of nitrogens with zero attached hydrogens (tertiary/aromatic N) is 2. The lowest BCUT2D eigenvalue weighted by molar-refractivity contribution is -0.137. The minimum absolute atomic E-state index is 0.00508. The molecule has 0 bridgehead atoms. The van der Waals surface area contributed by atoms with Crippen molar-refractivity contribution in [3.63, 3.8) is 0 Å². The van der Waals surface area contributed by atoms with Crippen molar-refractivity contribution in [3.05, 3.63) is 59.9 Å². The van der Waals surface area contributed by atoms with Crippen LogP contribution in [0, 0.1) is 6.92 Å². The highest BCUT2D eigenvalue weighted by Crippen LogP contribution is 2.31. The Hall–Kier alpha value is -3.03. The Balaban J connectivity index is 1.44. The van der Waals surface area contributed by atoms with Gasteiger partial charge >= 0.3 is 6.18 Å². The lowest BCUT2D eigenvalue weighted by Gasteiger charge is -2.11. The summed E-state index contributed by atoms with van der Waals surface area (Å²) in [7, 11) is 0. The third-order valence-corrected chi connectivity index (χ3v) is 4.26. The summed E-state index contributed by atoms with van der Waals surface area (Å²) in [5, 5.41) is 2.71. The quantitative estimate of drug-likeness (QED) is 0.621. The lowest BCUT2D eigenvalue weighted by atomic mass is 10.2. The normalized spacial score (nSPS) is 11.6. The van der Waals surface area contributed by atoms with Gasteiger partial charge < -0.3 is 14.6 Å². The molecule has 0 radical (unpaired) electrons. The molecule has 0 saturated heterocycles. The number of benzene rings is 2. The zero-order chi connectivity index (χ0) is 20.1. The molecule has 148 valence electrons. The molecule has 0 atom stereocenters. The van der Waals surface area contributed by atoms with Crippen molar-refractivity contribution in [2.45, 2.75) is 26.1 Å². The van der Waals surface area contributed by atoms with E-state index in [4.69, 9.17) is 4.74 Å². The van der Waals surface area contributed by atoms with Crippen LogP contribution in [0.5, 0.6) is 5.75 Å². The highest BCUT2D eigenvalue weighted by atomic mass is 19.4. The monoisotopic (exact) mass is 391 g/mol. The van der Waals surface area contributed by atoms with Crippen LogP contribution in [0.4, 0.5) is 13.2 Å². The first-order valence-corrected chi connectivity index (χ1v) is 8.83. The average molecular weight is 391 g/mol. The molecule has 1 heterocycles. The number of aryl methyl sites for hydroxylation is 2. The van der Waals surface area contributed by atoms with Gasteiger partial charge in [-0.25, -0.2) is 4.98 Å². The molecule has 0 saturated carbocycles. The molecular formula is C20H20F3N3O2. The number of carbonyl (C=O) groups is 1. The Morgan fingerprint density at radius 3 is 2.75 bits per heavy atom. The fourth-order valence-corrected chi connectivity index (χ4v) is 2.91. The number of alkyl halides is 3. The van der Waals surface area contributed by atoms with E-state index >= 15 is 0 Å². The maximum atomic E-state index is 12.7. The second kappa shape index (κ2) is 8.33. The first-order chi connectivity index (χ1) is 13.3. The largest absolute Gasteiger partial charge is 0.484 e. The fourth-order valence-electron chi connectivity index (χ4n) is 2.91. The maximum absolute atomic E-state index is 12.7. The molecule has 1 N–H and O–H groups in total. The summed E-state index contributed by atoms with van der Waals surface area (Å²) < 4.78 is 45.3. The highest BCUT2D eigenvalue weighted by molar-refractivity contribution is 5.77. The molecule has 0 aliphatic carbocycles. The van der Waals surface area contributed by atoms with Crippen LogP contribution in [0.25, 0.3) is 11.0 Å². The molecule has 3 aromatic rings. The predicted octanol–water partition coefficient (Wildman–Crippen LogP) is 3.95. The number of nitrogens with one attached hydrogen (secondary N) is 1. The van der Waals surface area contributed by atoms with Gasteiger partial charge in [-0.15, -0.1) is 0 Å². The number of aromatic nitrogens is 2. The molecule has 1 aromatic heterocycles. The average Bonchev–Trinajstić information content (AvgIpc) is 2.98. The van der Waals surface area contributed by atoms with Crippen LogP contribution in [0.1, 0.15) is 17.8 Å². The molecule has 5 nitrogen and oxygen atoms in total. The Bertz CT molecular complexity index is 967. The molecular weight excluding hydrogens is 371 g/mol. The number of hydrogen-bond acceptors (Lipinski definition) is 3. The third kappa shape index (κ3) is 4.82. The van der Waals surface area contributed by atoms with E-state index in [9.17, 15) is 18.0 Å². The number of carbonyl (C=O) groups excluding carboxylic acids is 1. The second-order valence-corrected chi connectivity index (χ2v) is 6.32. The van der Waals surface area contributed by atoms with E-state index in [2.05, 4.69) is 14.9 Å². The van der Waals surface area contributed by atoms with E-state index in [1.807, 2.05) is 31.2 Å². The van der Waals surface area contributed by atoms with Crippen molar-refractivity contribution in [1.82, 2.24) is 14.9 Å². The van der Waals surface area contributed by atoms with Crippen molar-refractivity contribution in [1.29, 1.82) is 0 Å². The van der Waals surface area contributed by atoms with Gasteiger partial charge in [0.1, 0.15) is 11.6 Å². The number of rotatable bonds is 7. The van der Waals surface area contributed by atoms with Crippen molar-refractivity contribution in [2.24, 2.45) is 0 Å². The SMILES string of the molecule is Cc1nc2ccccc2n1CCCNC(=O)COc1cccc(C(F)(F)F)c1. The first-order valence-electron chi connectivity index (χ1n) is 8.83. The van der Waals surface area contributed by atoms with Crippen molar-refractivity contribution in [3.8, 4) is 5.75 Å². The van der Waals surface area contributed by atoms with Crippen LogP contribution in [-0.4, -0.2) is 28.6 Å². The molecule has 1 amide bonds. The molecule has 3 rings (SSSR count). The molecule has 2 aromatic carbocycles. The van der Waals surface area contributed by atoms with Crippen LogP contribution in [0.2, 0.25) is 0 Å². The van der Waals surface area contributed by atoms with Gasteiger partial charge in [-0.1, -0.05) is 18.2 Å². The summed E-state index contributed by atoms with van der Waals surface area (Å²) in [6, 6.07) is 12.3. The first kappa shape index (κ1) is 19.7. The van der Waals surface area contributed by atoms with Crippen molar-refractivity contribution >= 4 is 16.9 Å². The van der Waals surface area contributed by atoms with Gasteiger partial charge in [0.2, 0.25) is 0 Å². The molecule has 0 aliphatic rings. The Morgan fingerprint density at radius 1 is 1.18 bits per heavy atom. The van der Waals surface area contributed by atoms with Crippen LogP contribution in [0.15, 0.2) is 48.5 Å².